The first-order valence-electron chi connectivity index (χ1n) is 5.63. The maximum absolute atomic E-state index is 11.6. The van der Waals surface area contributed by atoms with E-state index >= 15 is 0 Å². The van der Waals surface area contributed by atoms with Crippen LogP contribution < -0.4 is 4.72 Å². The lowest BCUT2D eigenvalue weighted by molar-refractivity contribution is 0.0911. The van der Waals surface area contributed by atoms with E-state index in [1.165, 1.54) is 0 Å². The number of nitrogens with one attached hydrogen (secondary N) is 1. The number of aliphatic hydroxyl groups is 1. The minimum Gasteiger partial charge on any atom is -0.396 e. The highest BCUT2D eigenvalue weighted by Gasteiger charge is 2.16. The summed E-state index contributed by atoms with van der Waals surface area (Å²) in [5.74, 6) is -0.0346. The second-order valence-electron chi connectivity index (χ2n) is 3.97. The van der Waals surface area contributed by atoms with Gasteiger partial charge in [-0.15, -0.1) is 0 Å². The molecule has 1 unspecified atom stereocenters. The Balaban J connectivity index is 4.02. The molecule has 0 aromatic carbocycles. The average Bonchev–Trinajstić information content (AvgIpc) is 2.15. The van der Waals surface area contributed by atoms with Crippen LogP contribution >= 0.6 is 0 Å². The topological polar surface area (TPSA) is 75.6 Å². The van der Waals surface area contributed by atoms with Crippen LogP contribution in [-0.2, 0) is 14.8 Å². The van der Waals surface area contributed by atoms with Crippen LogP contribution in [0.5, 0.6) is 0 Å². The Morgan fingerprint density at radius 2 is 2.00 bits per heavy atom. The van der Waals surface area contributed by atoms with Gasteiger partial charge in [0, 0.05) is 12.6 Å². The summed E-state index contributed by atoms with van der Waals surface area (Å²) in [5, 5.41) is 8.75. The first-order chi connectivity index (χ1) is 7.41. The van der Waals surface area contributed by atoms with Crippen LogP contribution in [0.3, 0.4) is 0 Å². The van der Waals surface area contributed by atoms with Crippen LogP contribution in [0.15, 0.2) is 0 Å². The van der Waals surface area contributed by atoms with E-state index in [1.54, 1.807) is 0 Å². The Labute approximate surface area is 98.2 Å². The first kappa shape index (κ1) is 15.8. The van der Waals surface area contributed by atoms with Crippen molar-refractivity contribution in [1.82, 2.24) is 4.72 Å². The molecule has 0 spiro atoms. The summed E-state index contributed by atoms with van der Waals surface area (Å²) in [6.45, 7) is 5.79. The molecule has 6 heteroatoms. The van der Waals surface area contributed by atoms with E-state index in [-0.39, 0.29) is 31.1 Å². The predicted molar refractivity (Wildman–Crippen MR) is 63.8 cm³/mol. The molecule has 5 nitrogen and oxygen atoms in total. The third kappa shape index (κ3) is 8.04. The van der Waals surface area contributed by atoms with E-state index in [9.17, 15) is 8.42 Å². The molecule has 2 N–H and O–H groups in total. The molecule has 0 aliphatic carbocycles. The number of ether oxygens (including phenoxy) is 1. The number of hydrogen-bond donors (Lipinski definition) is 2. The van der Waals surface area contributed by atoms with Gasteiger partial charge in [-0.3, -0.25) is 0 Å². The highest BCUT2D eigenvalue weighted by molar-refractivity contribution is 7.89. The van der Waals surface area contributed by atoms with Gasteiger partial charge in [-0.25, -0.2) is 13.1 Å². The smallest absolute Gasteiger partial charge is 0.214 e. The van der Waals surface area contributed by atoms with Gasteiger partial charge >= 0.3 is 0 Å². The molecule has 0 saturated heterocycles. The summed E-state index contributed by atoms with van der Waals surface area (Å²) in [7, 11) is -3.30. The molecular weight excluding hydrogens is 230 g/mol. The predicted octanol–water partition coefficient (Wildman–Crippen LogP) is 0.492. The lowest BCUT2D eigenvalue weighted by atomic mass is 10.2. The number of hydrogen-bond acceptors (Lipinski definition) is 4. The van der Waals surface area contributed by atoms with Crippen LogP contribution in [0, 0.1) is 0 Å². The van der Waals surface area contributed by atoms with E-state index in [0.717, 1.165) is 0 Å². The number of rotatable bonds is 9. The highest BCUT2D eigenvalue weighted by atomic mass is 32.2. The van der Waals surface area contributed by atoms with Gasteiger partial charge in [0.1, 0.15) is 0 Å². The van der Waals surface area contributed by atoms with Crippen molar-refractivity contribution in [3.8, 4) is 0 Å². The molecule has 0 bridgehead atoms. The van der Waals surface area contributed by atoms with E-state index in [0.29, 0.717) is 12.8 Å². The van der Waals surface area contributed by atoms with Crippen LogP contribution in [0.1, 0.15) is 33.6 Å². The van der Waals surface area contributed by atoms with Crippen molar-refractivity contribution in [2.45, 2.75) is 45.8 Å². The maximum atomic E-state index is 11.6. The fraction of sp³-hybridized carbons (Fsp3) is 1.00. The van der Waals surface area contributed by atoms with E-state index in [4.69, 9.17) is 9.84 Å². The molecule has 0 heterocycles. The van der Waals surface area contributed by atoms with Gasteiger partial charge in [0.2, 0.25) is 10.0 Å². The molecule has 0 aromatic rings. The minimum atomic E-state index is -3.30. The molecule has 0 saturated carbocycles. The molecule has 0 aromatic heterocycles. The third-order valence-corrected chi connectivity index (χ3v) is 3.52. The van der Waals surface area contributed by atoms with Gasteiger partial charge in [0.25, 0.3) is 0 Å². The molecular formula is C10H23NO4S. The Bertz CT molecular complexity index is 264. The molecule has 0 fully saturated rings. The van der Waals surface area contributed by atoms with Crippen LogP contribution in [0.2, 0.25) is 0 Å². The zero-order chi connectivity index (χ0) is 12.6. The molecule has 1 atom stereocenters. The molecule has 0 rings (SSSR count). The van der Waals surface area contributed by atoms with Crippen molar-refractivity contribution < 1.29 is 18.3 Å². The van der Waals surface area contributed by atoms with Gasteiger partial charge in [-0.1, -0.05) is 6.92 Å². The lowest BCUT2D eigenvalue weighted by Crippen LogP contribution is -2.37. The normalized spacial score (nSPS) is 14.3. The van der Waals surface area contributed by atoms with Crippen molar-refractivity contribution in [2.75, 3.05) is 19.0 Å². The van der Waals surface area contributed by atoms with Gasteiger partial charge in [0.15, 0.2) is 0 Å². The van der Waals surface area contributed by atoms with Crippen LogP contribution in [0.25, 0.3) is 0 Å². The fourth-order valence-electron chi connectivity index (χ4n) is 1.21. The average molecular weight is 253 g/mol. The Morgan fingerprint density at radius 1 is 1.38 bits per heavy atom. The van der Waals surface area contributed by atoms with E-state index < -0.39 is 10.0 Å². The summed E-state index contributed by atoms with van der Waals surface area (Å²) >= 11 is 0. The van der Waals surface area contributed by atoms with Crippen molar-refractivity contribution in [3.63, 3.8) is 0 Å². The van der Waals surface area contributed by atoms with E-state index in [2.05, 4.69) is 4.72 Å². The lowest BCUT2D eigenvalue weighted by Gasteiger charge is -2.16. The molecule has 0 aliphatic heterocycles. The molecule has 16 heavy (non-hydrogen) atoms. The quantitative estimate of drug-likeness (QED) is 0.627. The molecule has 0 radical (unpaired) electrons. The standard InChI is InChI=1S/C10H23NO4S/c1-4-10(5-6-12)11-16(13,14)8-7-15-9(2)3/h9-12H,4-8H2,1-3H3. The summed E-state index contributed by atoms with van der Waals surface area (Å²) in [5.41, 5.74) is 0. The number of sulfonamides is 1. The van der Waals surface area contributed by atoms with Gasteiger partial charge in [-0.05, 0) is 26.7 Å². The summed E-state index contributed by atoms with van der Waals surface area (Å²) in [6, 6.07) is -0.186. The van der Waals surface area contributed by atoms with Gasteiger partial charge in [0.05, 0.1) is 18.5 Å². The summed E-state index contributed by atoms with van der Waals surface area (Å²) in [6.07, 6.45) is 1.15. The monoisotopic (exact) mass is 253 g/mol. The van der Waals surface area contributed by atoms with E-state index in [1.807, 2.05) is 20.8 Å². The maximum Gasteiger partial charge on any atom is 0.214 e. The summed E-state index contributed by atoms with van der Waals surface area (Å²) in [4.78, 5) is 0. The van der Waals surface area contributed by atoms with Gasteiger partial charge < -0.3 is 9.84 Å². The first-order valence-corrected chi connectivity index (χ1v) is 7.29. The second kappa shape index (κ2) is 8.00. The molecule has 98 valence electrons. The third-order valence-electron chi connectivity index (χ3n) is 2.12. The fourth-order valence-corrected chi connectivity index (χ4v) is 2.43. The van der Waals surface area contributed by atoms with Crippen LogP contribution in [-0.4, -0.2) is 44.6 Å². The Hall–Kier alpha value is -0.170. The Kier molecular flexibility index (Phi) is 7.91. The molecule has 0 amide bonds. The van der Waals surface area contributed by atoms with Crippen molar-refractivity contribution in [1.29, 1.82) is 0 Å². The second-order valence-corrected chi connectivity index (χ2v) is 5.85. The largest absolute Gasteiger partial charge is 0.396 e. The van der Waals surface area contributed by atoms with Crippen molar-refractivity contribution in [3.05, 3.63) is 0 Å². The number of aliphatic hydroxyl groups excluding tert-OH is 1. The zero-order valence-electron chi connectivity index (χ0n) is 10.3. The van der Waals surface area contributed by atoms with Crippen LogP contribution in [0.4, 0.5) is 0 Å². The van der Waals surface area contributed by atoms with Gasteiger partial charge in [-0.2, -0.15) is 0 Å². The highest BCUT2D eigenvalue weighted by Crippen LogP contribution is 2.00. The van der Waals surface area contributed by atoms with Crippen molar-refractivity contribution in [2.24, 2.45) is 0 Å². The van der Waals surface area contributed by atoms with Crippen molar-refractivity contribution >= 4 is 10.0 Å². The minimum absolute atomic E-state index is 0.0104. The zero-order valence-corrected chi connectivity index (χ0v) is 11.1. The Morgan fingerprint density at radius 3 is 2.44 bits per heavy atom. The SMILES string of the molecule is CCC(CCO)NS(=O)(=O)CCOC(C)C. The molecule has 0 aliphatic rings. The summed E-state index contributed by atoms with van der Waals surface area (Å²) < 4.78 is 30.9.